The number of carbonyl (C=O) groups excluding carboxylic acids is 1. The van der Waals surface area contributed by atoms with Gasteiger partial charge in [0.05, 0.1) is 13.0 Å². The smallest absolute Gasteiger partial charge is 0.224 e. The molecule has 1 amide bonds. The first-order chi connectivity index (χ1) is 11.0. The lowest BCUT2D eigenvalue weighted by atomic mass is 10.0. The van der Waals surface area contributed by atoms with Crippen LogP contribution in [0, 0.1) is 27.7 Å². The molecule has 0 unspecified atom stereocenters. The van der Waals surface area contributed by atoms with Crippen LogP contribution in [-0.4, -0.2) is 19.1 Å². The van der Waals surface area contributed by atoms with E-state index in [-0.39, 0.29) is 5.91 Å². The van der Waals surface area contributed by atoms with Crippen LogP contribution in [0.15, 0.2) is 36.4 Å². The maximum absolute atomic E-state index is 12.0. The average Bonchev–Trinajstić information content (AvgIpc) is 2.51. The minimum atomic E-state index is 0.0249. The molecule has 0 spiro atoms. The number of amides is 1. The second-order valence-electron chi connectivity index (χ2n) is 6.04. The van der Waals surface area contributed by atoms with Gasteiger partial charge in [-0.25, -0.2) is 0 Å². The summed E-state index contributed by atoms with van der Waals surface area (Å²) in [5.41, 5.74) is 5.96. The van der Waals surface area contributed by atoms with E-state index >= 15 is 0 Å². The fourth-order valence-corrected chi connectivity index (χ4v) is 2.32. The molecule has 2 aromatic rings. The fourth-order valence-electron chi connectivity index (χ4n) is 2.32. The number of nitrogens with one attached hydrogen (secondary N) is 1. The molecular formula is C20H25NO2. The number of benzene rings is 2. The van der Waals surface area contributed by atoms with Gasteiger partial charge in [0, 0.05) is 0 Å². The highest BCUT2D eigenvalue weighted by Crippen LogP contribution is 2.16. The van der Waals surface area contributed by atoms with Crippen LogP contribution < -0.4 is 10.1 Å². The fraction of sp³-hybridized carbons (Fsp3) is 0.350. The third-order valence-electron chi connectivity index (χ3n) is 4.11. The van der Waals surface area contributed by atoms with Crippen LogP contribution in [0.5, 0.6) is 5.75 Å². The molecule has 0 radical (unpaired) electrons. The second kappa shape index (κ2) is 7.82. The van der Waals surface area contributed by atoms with Gasteiger partial charge in [-0.15, -0.1) is 0 Å². The van der Waals surface area contributed by atoms with Crippen molar-refractivity contribution in [3.05, 3.63) is 64.2 Å². The van der Waals surface area contributed by atoms with Crippen molar-refractivity contribution >= 4 is 5.91 Å². The number of carbonyl (C=O) groups is 1. The molecule has 0 heterocycles. The van der Waals surface area contributed by atoms with Gasteiger partial charge >= 0.3 is 0 Å². The lowest BCUT2D eigenvalue weighted by Gasteiger charge is -2.10. The van der Waals surface area contributed by atoms with E-state index in [2.05, 4.69) is 45.1 Å². The summed E-state index contributed by atoms with van der Waals surface area (Å²) >= 11 is 0. The number of aryl methyl sites for hydroxylation is 4. The van der Waals surface area contributed by atoms with Gasteiger partial charge in [0.1, 0.15) is 12.4 Å². The summed E-state index contributed by atoms with van der Waals surface area (Å²) in [7, 11) is 0. The van der Waals surface area contributed by atoms with Crippen LogP contribution in [0.3, 0.4) is 0 Å². The highest BCUT2D eigenvalue weighted by molar-refractivity contribution is 5.78. The number of hydrogen-bond donors (Lipinski definition) is 1. The average molecular weight is 311 g/mol. The quantitative estimate of drug-likeness (QED) is 0.827. The Balaban J connectivity index is 1.74. The summed E-state index contributed by atoms with van der Waals surface area (Å²) in [5, 5.41) is 2.90. The van der Waals surface area contributed by atoms with Crippen molar-refractivity contribution in [2.75, 3.05) is 13.2 Å². The summed E-state index contributed by atoms with van der Waals surface area (Å²) in [6.45, 7) is 9.26. The maximum atomic E-state index is 12.0. The Morgan fingerprint density at radius 2 is 1.57 bits per heavy atom. The normalized spacial score (nSPS) is 10.4. The molecule has 0 fully saturated rings. The van der Waals surface area contributed by atoms with Gasteiger partial charge in [-0.05, 0) is 67.6 Å². The lowest BCUT2D eigenvalue weighted by molar-refractivity contribution is -0.120. The molecule has 1 N–H and O–H groups in total. The Bertz CT molecular complexity index is 692. The minimum Gasteiger partial charge on any atom is -0.492 e. The summed E-state index contributed by atoms with van der Waals surface area (Å²) in [5.74, 6) is 0.869. The summed E-state index contributed by atoms with van der Waals surface area (Å²) < 4.78 is 5.66. The van der Waals surface area contributed by atoms with Crippen LogP contribution in [0.1, 0.15) is 27.8 Å². The molecule has 0 aliphatic carbocycles. The lowest BCUT2D eigenvalue weighted by Crippen LogP contribution is -2.29. The predicted octanol–water partition coefficient (Wildman–Crippen LogP) is 3.66. The Morgan fingerprint density at radius 1 is 0.913 bits per heavy atom. The zero-order valence-electron chi connectivity index (χ0n) is 14.4. The molecule has 0 bridgehead atoms. The largest absolute Gasteiger partial charge is 0.492 e. The number of ether oxygens (including phenoxy) is 1. The van der Waals surface area contributed by atoms with E-state index in [0.717, 1.165) is 11.3 Å². The van der Waals surface area contributed by atoms with E-state index < -0.39 is 0 Å². The third kappa shape index (κ3) is 5.13. The second-order valence-corrected chi connectivity index (χ2v) is 6.04. The van der Waals surface area contributed by atoms with E-state index in [0.29, 0.717) is 19.6 Å². The molecule has 0 saturated carbocycles. The molecule has 0 aliphatic heterocycles. The van der Waals surface area contributed by atoms with E-state index in [1.54, 1.807) is 0 Å². The van der Waals surface area contributed by atoms with Gasteiger partial charge in [0.15, 0.2) is 0 Å². The zero-order valence-corrected chi connectivity index (χ0v) is 14.4. The van der Waals surface area contributed by atoms with Crippen LogP contribution in [0.4, 0.5) is 0 Å². The molecule has 23 heavy (non-hydrogen) atoms. The Morgan fingerprint density at radius 3 is 2.22 bits per heavy atom. The summed E-state index contributed by atoms with van der Waals surface area (Å²) in [6, 6.07) is 12.2. The highest BCUT2D eigenvalue weighted by atomic mass is 16.5. The molecular weight excluding hydrogens is 286 g/mol. The van der Waals surface area contributed by atoms with Gasteiger partial charge < -0.3 is 10.1 Å². The van der Waals surface area contributed by atoms with Crippen molar-refractivity contribution in [2.45, 2.75) is 34.1 Å². The molecule has 0 saturated heterocycles. The Kier molecular flexibility index (Phi) is 5.80. The van der Waals surface area contributed by atoms with Crippen LogP contribution in [0.2, 0.25) is 0 Å². The van der Waals surface area contributed by atoms with Gasteiger partial charge in [-0.1, -0.05) is 24.3 Å². The topological polar surface area (TPSA) is 38.3 Å². The van der Waals surface area contributed by atoms with E-state index in [1.807, 2.05) is 24.3 Å². The molecule has 0 aliphatic rings. The first kappa shape index (κ1) is 17.1. The van der Waals surface area contributed by atoms with E-state index in [4.69, 9.17) is 4.74 Å². The van der Waals surface area contributed by atoms with Gasteiger partial charge in [0.2, 0.25) is 5.91 Å². The van der Waals surface area contributed by atoms with E-state index in [9.17, 15) is 4.79 Å². The molecule has 3 heteroatoms. The van der Waals surface area contributed by atoms with Crippen molar-refractivity contribution in [2.24, 2.45) is 0 Å². The summed E-state index contributed by atoms with van der Waals surface area (Å²) in [6.07, 6.45) is 0.407. The van der Waals surface area contributed by atoms with Gasteiger partial charge in [-0.3, -0.25) is 4.79 Å². The monoisotopic (exact) mass is 311 g/mol. The number of rotatable bonds is 6. The van der Waals surface area contributed by atoms with Crippen molar-refractivity contribution in [1.29, 1.82) is 0 Å². The van der Waals surface area contributed by atoms with Crippen molar-refractivity contribution in [3.8, 4) is 5.75 Å². The Labute approximate surface area is 138 Å². The SMILES string of the molecule is Cc1ccc(CC(=O)NCCOc2ccc(C)c(C)c2)cc1C. The standard InChI is InChI=1S/C20H25NO2/c1-14-5-7-18(11-16(14)3)13-20(22)21-9-10-23-19-8-6-15(2)17(4)12-19/h5-8,11-12H,9-10,13H2,1-4H3,(H,21,22). The van der Waals surface area contributed by atoms with Crippen LogP contribution in [0.25, 0.3) is 0 Å². The molecule has 122 valence electrons. The molecule has 0 aromatic heterocycles. The number of hydrogen-bond acceptors (Lipinski definition) is 2. The Hall–Kier alpha value is -2.29. The first-order valence-electron chi connectivity index (χ1n) is 7.98. The van der Waals surface area contributed by atoms with Crippen molar-refractivity contribution < 1.29 is 9.53 Å². The minimum absolute atomic E-state index is 0.0249. The zero-order chi connectivity index (χ0) is 16.8. The van der Waals surface area contributed by atoms with Crippen LogP contribution >= 0.6 is 0 Å². The van der Waals surface area contributed by atoms with Crippen molar-refractivity contribution in [3.63, 3.8) is 0 Å². The molecule has 0 atom stereocenters. The molecule has 2 rings (SSSR count). The van der Waals surface area contributed by atoms with Crippen molar-refractivity contribution in [1.82, 2.24) is 5.32 Å². The third-order valence-corrected chi connectivity index (χ3v) is 4.11. The van der Waals surface area contributed by atoms with Crippen LogP contribution in [-0.2, 0) is 11.2 Å². The summed E-state index contributed by atoms with van der Waals surface area (Å²) in [4.78, 5) is 12.0. The van der Waals surface area contributed by atoms with Gasteiger partial charge in [-0.2, -0.15) is 0 Å². The molecule has 2 aromatic carbocycles. The van der Waals surface area contributed by atoms with E-state index in [1.165, 1.54) is 22.3 Å². The first-order valence-corrected chi connectivity index (χ1v) is 7.98. The maximum Gasteiger partial charge on any atom is 0.224 e. The highest BCUT2D eigenvalue weighted by Gasteiger charge is 2.04. The molecule has 3 nitrogen and oxygen atoms in total. The van der Waals surface area contributed by atoms with Gasteiger partial charge in [0.25, 0.3) is 0 Å². The predicted molar refractivity (Wildman–Crippen MR) is 94.0 cm³/mol.